The van der Waals surface area contributed by atoms with Gasteiger partial charge in [-0.05, 0) is 37.6 Å². The quantitative estimate of drug-likeness (QED) is 0.841. The van der Waals surface area contributed by atoms with Crippen LogP contribution >= 0.6 is 0 Å². The molecule has 2 aromatic rings. The molecule has 1 N–H and O–H groups in total. The Kier molecular flexibility index (Phi) is 4.87. The zero-order valence-electron chi connectivity index (χ0n) is 15.8. The minimum absolute atomic E-state index is 0.216. The van der Waals surface area contributed by atoms with Crippen molar-refractivity contribution >= 4 is 17.4 Å². The van der Waals surface area contributed by atoms with E-state index in [1.165, 1.54) is 29.3 Å². The van der Waals surface area contributed by atoms with E-state index in [4.69, 9.17) is 4.74 Å². The molecule has 0 unspecified atom stereocenters. The maximum absolute atomic E-state index is 13.6. The lowest BCUT2D eigenvalue weighted by molar-refractivity contribution is -0.136. The van der Waals surface area contributed by atoms with Crippen molar-refractivity contribution in [2.45, 2.75) is 33.1 Å². The second-order valence-electron chi connectivity index (χ2n) is 7.20. The Labute approximate surface area is 157 Å². The number of ether oxygens (including phenoxy) is 1. The number of amides is 1. The van der Waals surface area contributed by atoms with Crippen molar-refractivity contribution in [1.82, 2.24) is 15.1 Å². The van der Waals surface area contributed by atoms with E-state index < -0.39 is 11.4 Å². The van der Waals surface area contributed by atoms with Crippen LogP contribution in [0, 0.1) is 12.7 Å². The Morgan fingerprint density at radius 2 is 2.11 bits per heavy atom. The highest BCUT2D eigenvalue weighted by Gasteiger charge is 2.36. The average molecular weight is 371 g/mol. The lowest BCUT2D eigenvalue weighted by Gasteiger charge is -2.28. The van der Waals surface area contributed by atoms with Crippen LogP contribution in [0.25, 0.3) is 5.57 Å². The average Bonchev–Trinajstić information content (AvgIpc) is 3.07. The highest BCUT2D eigenvalue weighted by atomic mass is 19.1. The van der Waals surface area contributed by atoms with Crippen LogP contribution in [0.15, 0.2) is 30.6 Å². The van der Waals surface area contributed by atoms with Crippen LogP contribution in [0.2, 0.25) is 0 Å². The Balaban J connectivity index is 2.08. The highest BCUT2D eigenvalue weighted by Crippen LogP contribution is 2.34. The van der Waals surface area contributed by atoms with Crippen LogP contribution in [-0.4, -0.2) is 40.1 Å². The maximum atomic E-state index is 13.6. The van der Waals surface area contributed by atoms with Gasteiger partial charge in [0, 0.05) is 29.3 Å². The van der Waals surface area contributed by atoms with Crippen LogP contribution in [0.3, 0.4) is 0 Å². The molecule has 142 valence electrons. The second-order valence-corrected chi connectivity index (χ2v) is 7.20. The number of hydrogen-bond donors (Lipinski definition) is 1. The standard InChI is InChI=1S/C20H22FN3O3/c1-5-27-19(26)14-10-24(11-20(3,4)15-9-22-23-17(14)15)18(25)13-6-7-16(21)12(2)8-13/h6-10H,5,11H2,1-4H3,(H,22,23). The number of fused-ring (bicyclic) bond motifs is 1. The van der Waals surface area contributed by atoms with E-state index in [-0.39, 0.29) is 23.9 Å². The number of carbonyl (C=O) groups excluding carboxylic acids is 2. The summed E-state index contributed by atoms with van der Waals surface area (Å²) in [7, 11) is 0. The van der Waals surface area contributed by atoms with Gasteiger partial charge in [-0.25, -0.2) is 9.18 Å². The summed E-state index contributed by atoms with van der Waals surface area (Å²) in [5.41, 5.74) is 1.89. The third-order valence-corrected chi connectivity index (χ3v) is 4.65. The van der Waals surface area contributed by atoms with Gasteiger partial charge in [0.25, 0.3) is 5.91 Å². The summed E-state index contributed by atoms with van der Waals surface area (Å²) in [5.74, 6) is -1.22. The normalized spacial score (nSPS) is 15.6. The summed E-state index contributed by atoms with van der Waals surface area (Å²) in [6.07, 6.45) is 3.16. The van der Waals surface area contributed by atoms with Crippen molar-refractivity contribution in [3.8, 4) is 0 Å². The molecular weight excluding hydrogens is 349 g/mol. The minimum Gasteiger partial charge on any atom is -0.462 e. The van der Waals surface area contributed by atoms with Crippen molar-refractivity contribution in [2.24, 2.45) is 0 Å². The van der Waals surface area contributed by atoms with E-state index in [1.54, 1.807) is 20.0 Å². The van der Waals surface area contributed by atoms with E-state index >= 15 is 0 Å². The molecule has 0 saturated heterocycles. The van der Waals surface area contributed by atoms with Crippen LogP contribution in [-0.2, 0) is 14.9 Å². The van der Waals surface area contributed by atoms with E-state index in [0.29, 0.717) is 23.4 Å². The Bertz CT molecular complexity index is 930. The zero-order valence-corrected chi connectivity index (χ0v) is 15.8. The number of nitrogens with zero attached hydrogens (tertiary/aromatic N) is 2. The maximum Gasteiger partial charge on any atom is 0.341 e. The molecule has 2 heterocycles. The predicted octanol–water partition coefficient (Wildman–Crippen LogP) is 3.19. The second kappa shape index (κ2) is 6.98. The molecule has 0 aliphatic carbocycles. The molecule has 0 radical (unpaired) electrons. The van der Waals surface area contributed by atoms with Crippen molar-refractivity contribution in [1.29, 1.82) is 0 Å². The number of benzene rings is 1. The minimum atomic E-state index is -0.534. The fourth-order valence-corrected chi connectivity index (χ4v) is 3.22. The predicted molar refractivity (Wildman–Crippen MR) is 98.4 cm³/mol. The third-order valence-electron chi connectivity index (χ3n) is 4.65. The summed E-state index contributed by atoms with van der Waals surface area (Å²) in [6.45, 7) is 7.82. The number of carbonyl (C=O) groups is 2. The lowest BCUT2D eigenvalue weighted by Crippen LogP contribution is -2.36. The van der Waals surface area contributed by atoms with E-state index in [1.807, 2.05) is 13.8 Å². The van der Waals surface area contributed by atoms with Crippen molar-refractivity contribution in [3.05, 3.63) is 58.8 Å². The number of aryl methyl sites for hydroxylation is 1. The van der Waals surface area contributed by atoms with E-state index in [9.17, 15) is 14.0 Å². The van der Waals surface area contributed by atoms with Gasteiger partial charge in [0.05, 0.1) is 18.5 Å². The summed E-state index contributed by atoms with van der Waals surface area (Å²) in [6, 6.07) is 4.23. The van der Waals surface area contributed by atoms with Crippen LogP contribution < -0.4 is 0 Å². The first-order chi connectivity index (χ1) is 12.7. The van der Waals surface area contributed by atoms with Gasteiger partial charge in [0.1, 0.15) is 11.4 Å². The van der Waals surface area contributed by atoms with Crippen LogP contribution in [0.5, 0.6) is 0 Å². The van der Waals surface area contributed by atoms with E-state index in [2.05, 4.69) is 10.2 Å². The van der Waals surface area contributed by atoms with Crippen molar-refractivity contribution in [2.75, 3.05) is 13.2 Å². The fourth-order valence-electron chi connectivity index (χ4n) is 3.22. The molecule has 27 heavy (non-hydrogen) atoms. The van der Waals surface area contributed by atoms with Gasteiger partial charge in [0.15, 0.2) is 0 Å². The van der Waals surface area contributed by atoms with Crippen LogP contribution in [0.4, 0.5) is 4.39 Å². The number of hydrogen-bond acceptors (Lipinski definition) is 4. The Morgan fingerprint density at radius 3 is 2.78 bits per heavy atom. The molecule has 0 atom stereocenters. The zero-order chi connectivity index (χ0) is 19.8. The van der Waals surface area contributed by atoms with Gasteiger partial charge >= 0.3 is 5.97 Å². The molecular formula is C20H22FN3O3. The molecule has 1 aromatic carbocycles. The van der Waals surface area contributed by atoms with Gasteiger partial charge < -0.3 is 9.64 Å². The highest BCUT2D eigenvalue weighted by molar-refractivity contribution is 6.17. The number of nitrogens with one attached hydrogen (secondary N) is 1. The first-order valence-electron chi connectivity index (χ1n) is 8.75. The van der Waals surface area contributed by atoms with Crippen molar-refractivity contribution in [3.63, 3.8) is 0 Å². The fraction of sp³-hybridized carbons (Fsp3) is 0.350. The molecule has 0 bridgehead atoms. The summed E-state index contributed by atoms with van der Waals surface area (Å²) in [5, 5.41) is 6.92. The molecule has 0 spiro atoms. The number of rotatable bonds is 3. The molecule has 0 saturated carbocycles. The lowest BCUT2D eigenvalue weighted by atomic mass is 9.84. The molecule has 1 amide bonds. The number of H-pyrrole nitrogens is 1. The van der Waals surface area contributed by atoms with Gasteiger partial charge in [-0.2, -0.15) is 5.10 Å². The van der Waals surface area contributed by atoms with Gasteiger partial charge in [-0.15, -0.1) is 0 Å². The summed E-state index contributed by atoms with van der Waals surface area (Å²) in [4.78, 5) is 27.1. The summed E-state index contributed by atoms with van der Waals surface area (Å²) < 4.78 is 18.7. The van der Waals surface area contributed by atoms with Gasteiger partial charge in [0.2, 0.25) is 0 Å². The first kappa shape index (κ1) is 18.8. The molecule has 0 fully saturated rings. The largest absolute Gasteiger partial charge is 0.462 e. The molecule has 6 nitrogen and oxygen atoms in total. The smallest absolute Gasteiger partial charge is 0.341 e. The topological polar surface area (TPSA) is 75.3 Å². The summed E-state index contributed by atoms with van der Waals surface area (Å²) >= 11 is 0. The molecule has 3 rings (SSSR count). The molecule has 1 aliphatic heterocycles. The molecule has 1 aromatic heterocycles. The monoisotopic (exact) mass is 371 g/mol. The Morgan fingerprint density at radius 1 is 1.37 bits per heavy atom. The van der Waals surface area contributed by atoms with Crippen LogP contribution in [0.1, 0.15) is 48.0 Å². The number of aromatic amines is 1. The van der Waals surface area contributed by atoms with Gasteiger partial charge in [-0.3, -0.25) is 9.89 Å². The van der Waals surface area contributed by atoms with Crippen molar-refractivity contribution < 1.29 is 18.7 Å². The Hall–Kier alpha value is -2.96. The van der Waals surface area contributed by atoms with E-state index in [0.717, 1.165) is 5.56 Å². The number of halogens is 1. The first-order valence-corrected chi connectivity index (χ1v) is 8.75. The third kappa shape index (κ3) is 3.49. The van der Waals surface area contributed by atoms with Gasteiger partial charge in [-0.1, -0.05) is 13.8 Å². The number of aromatic nitrogens is 2. The SMILES string of the molecule is CCOC(=O)C1=CN(C(=O)c2ccc(F)c(C)c2)CC(C)(C)c2cn[nH]c21. The number of esters is 1. The molecule has 1 aliphatic rings. The molecule has 7 heteroatoms.